The number of rotatable bonds is 7. The Hall–Kier alpha value is -1.80. The van der Waals surface area contributed by atoms with Crippen LogP contribution in [0, 0.1) is 0 Å². The molecule has 2 aromatic carbocycles. The Morgan fingerprint density at radius 2 is 1.48 bits per heavy atom. The van der Waals surface area contributed by atoms with E-state index in [1.807, 2.05) is 19.1 Å². The minimum Gasteiger partial charge on any atom is -0.489 e. The van der Waals surface area contributed by atoms with E-state index in [-0.39, 0.29) is 6.10 Å². The molecule has 2 nitrogen and oxygen atoms in total. The third kappa shape index (κ3) is 5.24. The topological polar surface area (TPSA) is 29.5 Å². The van der Waals surface area contributed by atoms with Crippen LogP contribution in [0.25, 0.3) is 0 Å². The van der Waals surface area contributed by atoms with Crippen molar-refractivity contribution in [1.82, 2.24) is 0 Å². The second kappa shape index (κ2) is 7.84. The van der Waals surface area contributed by atoms with Gasteiger partial charge in [-0.05, 0) is 55.0 Å². The van der Waals surface area contributed by atoms with Gasteiger partial charge in [0.05, 0.1) is 6.10 Å². The maximum atomic E-state index is 9.29. The van der Waals surface area contributed by atoms with Gasteiger partial charge >= 0.3 is 0 Å². The third-order valence-electron chi connectivity index (χ3n) is 3.61. The van der Waals surface area contributed by atoms with Gasteiger partial charge in [0.1, 0.15) is 12.4 Å². The van der Waals surface area contributed by atoms with Gasteiger partial charge in [-0.15, -0.1) is 0 Å². The van der Waals surface area contributed by atoms with E-state index in [0.29, 0.717) is 6.61 Å². The molecule has 2 heteroatoms. The van der Waals surface area contributed by atoms with Crippen LogP contribution >= 0.6 is 0 Å². The van der Waals surface area contributed by atoms with Gasteiger partial charge in [0.25, 0.3) is 0 Å². The summed E-state index contributed by atoms with van der Waals surface area (Å²) in [6, 6.07) is 16.7. The van der Waals surface area contributed by atoms with Gasteiger partial charge < -0.3 is 9.84 Å². The second-order valence-electron chi connectivity index (χ2n) is 5.49. The first-order valence-corrected chi connectivity index (χ1v) is 7.65. The predicted octanol–water partition coefficient (Wildman–Crippen LogP) is 4.14. The lowest BCUT2D eigenvalue weighted by Crippen LogP contribution is -2.01. The van der Waals surface area contributed by atoms with Gasteiger partial charge in [-0.1, -0.05) is 43.3 Å². The zero-order valence-electron chi connectivity index (χ0n) is 12.9. The smallest absolute Gasteiger partial charge is 0.119 e. The Kier molecular flexibility index (Phi) is 5.82. The highest BCUT2D eigenvalue weighted by Gasteiger charge is 2.00. The quantitative estimate of drug-likeness (QED) is 0.828. The van der Waals surface area contributed by atoms with Crippen molar-refractivity contribution in [3.05, 3.63) is 65.2 Å². The van der Waals surface area contributed by atoms with Crippen LogP contribution in [0.2, 0.25) is 0 Å². The van der Waals surface area contributed by atoms with Crippen LogP contribution in [0.3, 0.4) is 0 Å². The summed E-state index contributed by atoms with van der Waals surface area (Å²) >= 11 is 0. The molecular weight excluding hydrogens is 260 g/mol. The van der Waals surface area contributed by atoms with E-state index in [1.165, 1.54) is 16.7 Å². The molecule has 21 heavy (non-hydrogen) atoms. The SMILES string of the molecule is CCc1ccc(COc2ccc(CCC(C)O)cc2)cc1. The number of benzene rings is 2. The summed E-state index contributed by atoms with van der Waals surface area (Å²) in [7, 11) is 0. The van der Waals surface area contributed by atoms with E-state index in [2.05, 4.69) is 43.3 Å². The Morgan fingerprint density at radius 1 is 0.905 bits per heavy atom. The lowest BCUT2D eigenvalue weighted by atomic mass is 10.1. The summed E-state index contributed by atoms with van der Waals surface area (Å²) in [4.78, 5) is 0. The van der Waals surface area contributed by atoms with Crippen LogP contribution in [0.4, 0.5) is 0 Å². The molecule has 0 spiro atoms. The molecule has 0 heterocycles. The average molecular weight is 284 g/mol. The standard InChI is InChI=1S/C19H24O2/c1-3-16-6-8-18(9-7-16)14-21-19-12-10-17(11-13-19)5-4-15(2)20/h6-13,15,20H,3-5,14H2,1-2H3. The van der Waals surface area contributed by atoms with Crippen LogP contribution in [0.5, 0.6) is 5.75 Å². The van der Waals surface area contributed by atoms with Crippen LogP contribution in [-0.4, -0.2) is 11.2 Å². The number of ether oxygens (including phenoxy) is 1. The lowest BCUT2D eigenvalue weighted by Gasteiger charge is -2.08. The zero-order chi connectivity index (χ0) is 15.1. The Morgan fingerprint density at radius 3 is 2.05 bits per heavy atom. The van der Waals surface area contributed by atoms with Gasteiger partial charge in [-0.3, -0.25) is 0 Å². The van der Waals surface area contributed by atoms with E-state index >= 15 is 0 Å². The Bertz CT molecular complexity index is 526. The fraction of sp³-hybridized carbons (Fsp3) is 0.368. The first-order chi connectivity index (χ1) is 10.2. The maximum Gasteiger partial charge on any atom is 0.119 e. The number of hydrogen-bond acceptors (Lipinski definition) is 2. The van der Waals surface area contributed by atoms with Crippen LogP contribution < -0.4 is 4.74 Å². The minimum absolute atomic E-state index is 0.244. The zero-order valence-corrected chi connectivity index (χ0v) is 12.9. The molecule has 0 fully saturated rings. The summed E-state index contributed by atoms with van der Waals surface area (Å²) in [5.41, 5.74) is 3.77. The molecule has 0 radical (unpaired) electrons. The Labute approximate surface area is 127 Å². The molecule has 0 aliphatic rings. The van der Waals surface area contributed by atoms with Crippen molar-refractivity contribution in [2.24, 2.45) is 0 Å². The van der Waals surface area contributed by atoms with Crippen molar-refractivity contribution in [3.8, 4) is 5.75 Å². The molecule has 1 atom stereocenters. The van der Waals surface area contributed by atoms with Gasteiger partial charge in [0.15, 0.2) is 0 Å². The van der Waals surface area contributed by atoms with Crippen LogP contribution in [0.1, 0.15) is 37.0 Å². The molecule has 1 N–H and O–H groups in total. The number of hydrogen-bond donors (Lipinski definition) is 1. The molecule has 0 aliphatic heterocycles. The number of aliphatic hydroxyl groups is 1. The molecule has 0 aromatic heterocycles. The molecule has 0 bridgehead atoms. The van der Waals surface area contributed by atoms with E-state index in [0.717, 1.165) is 25.0 Å². The van der Waals surface area contributed by atoms with E-state index in [4.69, 9.17) is 4.74 Å². The lowest BCUT2D eigenvalue weighted by molar-refractivity contribution is 0.185. The number of aliphatic hydroxyl groups excluding tert-OH is 1. The fourth-order valence-electron chi connectivity index (χ4n) is 2.17. The summed E-state index contributed by atoms with van der Waals surface area (Å²) in [5.74, 6) is 0.885. The van der Waals surface area contributed by atoms with Crippen molar-refractivity contribution >= 4 is 0 Å². The first-order valence-electron chi connectivity index (χ1n) is 7.65. The molecule has 0 amide bonds. The fourth-order valence-corrected chi connectivity index (χ4v) is 2.17. The largest absolute Gasteiger partial charge is 0.489 e. The van der Waals surface area contributed by atoms with E-state index < -0.39 is 0 Å². The van der Waals surface area contributed by atoms with Crippen molar-refractivity contribution in [2.75, 3.05) is 0 Å². The summed E-state index contributed by atoms with van der Waals surface area (Å²) in [6.45, 7) is 4.57. The molecule has 2 rings (SSSR count). The normalized spacial score (nSPS) is 12.1. The van der Waals surface area contributed by atoms with E-state index in [9.17, 15) is 5.11 Å². The minimum atomic E-state index is -0.244. The Balaban J connectivity index is 1.85. The maximum absolute atomic E-state index is 9.29. The van der Waals surface area contributed by atoms with Crippen molar-refractivity contribution < 1.29 is 9.84 Å². The van der Waals surface area contributed by atoms with Crippen molar-refractivity contribution in [1.29, 1.82) is 0 Å². The second-order valence-corrected chi connectivity index (χ2v) is 5.49. The molecule has 2 aromatic rings. The monoisotopic (exact) mass is 284 g/mol. The third-order valence-corrected chi connectivity index (χ3v) is 3.61. The average Bonchev–Trinajstić information content (AvgIpc) is 2.52. The predicted molar refractivity (Wildman–Crippen MR) is 86.6 cm³/mol. The van der Waals surface area contributed by atoms with Crippen LogP contribution in [-0.2, 0) is 19.4 Å². The van der Waals surface area contributed by atoms with Gasteiger partial charge in [-0.2, -0.15) is 0 Å². The summed E-state index contributed by atoms with van der Waals surface area (Å²) < 4.78 is 5.80. The summed E-state index contributed by atoms with van der Waals surface area (Å²) in [6.07, 6.45) is 2.52. The first kappa shape index (κ1) is 15.6. The molecule has 0 aliphatic carbocycles. The molecule has 0 saturated carbocycles. The highest BCUT2D eigenvalue weighted by Crippen LogP contribution is 2.16. The molecule has 112 valence electrons. The highest BCUT2D eigenvalue weighted by atomic mass is 16.5. The molecule has 1 unspecified atom stereocenters. The summed E-state index contributed by atoms with van der Waals surface area (Å²) in [5, 5.41) is 9.29. The molecule has 0 saturated heterocycles. The van der Waals surface area contributed by atoms with Crippen molar-refractivity contribution in [2.45, 2.75) is 45.8 Å². The van der Waals surface area contributed by atoms with Gasteiger partial charge in [0.2, 0.25) is 0 Å². The van der Waals surface area contributed by atoms with Crippen molar-refractivity contribution in [3.63, 3.8) is 0 Å². The molecular formula is C19H24O2. The van der Waals surface area contributed by atoms with Gasteiger partial charge in [0, 0.05) is 0 Å². The van der Waals surface area contributed by atoms with Gasteiger partial charge in [-0.25, -0.2) is 0 Å². The van der Waals surface area contributed by atoms with Crippen LogP contribution in [0.15, 0.2) is 48.5 Å². The highest BCUT2D eigenvalue weighted by molar-refractivity contribution is 5.28. The number of aryl methyl sites for hydroxylation is 2. The van der Waals surface area contributed by atoms with E-state index in [1.54, 1.807) is 0 Å².